The van der Waals surface area contributed by atoms with Gasteiger partial charge in [-0.1, -0.05) is 11.6 Å². The standard InChI is InChI=1S/C9H3ClF3N5/c10-8-5(3-14)7(9(11,12)13)17-18(8)6-1-2-15-4-16-6/h1-2,4H. The Hall–Kier alpha value is -2.14. The van der Waals surface area contributed by atoms with E-state index in [9.17, 15) is 13.2 Å². The van der Waals surface area contributed by atoms with Crippen LogP contribution in [0.2, 0.25) is 5.15 Å². The molecule has 0 aliphatic carbocycles. The van der Waals surface area contributed by atoms with Crippen LogP contribution in [0.5, 0.6) is 0 Å². The van der Waals surface area contributed by atoms with Crippen LogP contribution in [0.25, 0.3) is 5.82 Å². The van der Waals surface area contributed by atoms with Crippen LogP contribution in [0.3, 0.4) is 0 Å². The number of rotatable bonds is 1. The van der Waals surface area contributed by atoms with E-state index < -0.39 is 22.6 Å². The van der Waals surface area contributed by atoms with Gasteiger partial charge in [-0.15, -0.1) is 0 Å². The van der Waals surface area contributed by atoms with Crippen LogP contribution in [0.4, 0.5) is 13.2 Å². The van der Waals surface area contributed by atoms with Gasteiger partial charge in [0.2, 0.25) is 0 Å². The predicted molar refractivity (Wildman–Crippen MR) is 53.9 cm³/mol. The summed E-state index contributed by atoms with van der Waals surface area (Å²) in [5.41, 5.74) is -2.07. The van der Waals surface area contributed by atoms with Crippen LogP contribution >= 0.6 is 11.6 Å². The first kappa shape index (κ1) is 12.3. The molecule has 0 aromatic carbocycles. The van der Waals surface area contributed by atoms with Crippen molar-refractivity contribution in [2.75, 3.05) is 0 Å². The molecule has 0 spiro atoms. The minimum Gasteiger partial charge on any atom is -0.245 e. The maximum absolute atomic E-state index is 12.6. The molecule has 0 saturated heterocycles. The molecule has 0 fully saturated rings. The maximum Gasteiger partial charge on any atom is 0.436 e. The number of nitrogens with zero attached hydrogens (tertiary/aromatic N) is 5. The number of halogens is 4. The molecule has 0 unspecified atom stereocenters. The summed E-state index contributed by atoms with van der Waals surface area (Å²) < 4.78 is 38.6. The summed E-state index contributed by atoms with van der Waals surface area (Å²) in [6.07, 6.45) is -2.31. The van der Waals surface area contributed by atoms with Gasteiger partial charge in [0, 0.05) is 12.3 Å². The molecule has 0 amide bonds. The summed E-state index contributed by atoms with van der Waals surface area (Å²) in [4.78, 5) is 7.32. The second-order valence-corrected chi connectivity index (χ2v) is 3.46. The van der Waals surface area contributed by atoms with Crippen molar-refractivity contribution in [2.24, 2.45) is 0 Å². The highest BCUT2D eigenvalue weighted by atomic mass is 35.5. The van der Waals surface area contributed by atoms with Crippen LogP contribution in [0, 0.1) is 11.3 Å². The zero-order valence-corrected chi connectivity index (χ0v) is 9.24. The molecule has 0 aliphatic rings. The number of alkyl halides is 3. The van der Waals surface area contributed by atoms with Gasteiger partial charge in [0.05, 0.1) is 0 Å². The van der Waals surface area contributed by atoms with Gasteiger partial charge in [0.1, 0.15) is 18.0 Å². The molecular formula is C9H3ClF3N5. The Labute approximate surface area is 103 Å². The highest BCUT2D eigenvalue weighted by Crippen LogP contribution is 2.34. The van der Waals surface area contributed by atoms with Crippen molar-refractivity contribution in [3.63, 3.8) is 0 Å². The van der Waals surface area contributed by atoms with Crippen molar-refractivity contribution >= 4 is 11.6 Å². The molecule has 92 valence electrons. The van der Waals surface area contributed by atoms with Crippen LogP contribution in [-0.4, -0.2) is 19.7 Å². The Bertz CT molecular complexity index is 614. The molecule has 0 radical (unpaired) electrons. The second-order valence-electron chi connectivity index (χ2n) is 3.10. The Morgan fingerprint density at radius 1 is 1.39 bits per heavy atom. The van der Waals surface area contributed by atoms with E-state index in [1.807, 2.05) is 0 Å². The smallest absolute Gasteiger partial charge is 0.245 e. The summed E-state index contributed by atoms with van der Waals surface area (Å²) in [7, 11) is 0. The third-order valence-corrected chi connectivity index (χ3v) is 2.34. The Morgan fingerprint density at radius 2 is 2.11 bits per heavy atom. The second kappa shape index (κ2) is 4.27. The lowest BCUT2D eigenvalue weighted by atomic mass is 10.2. The zero-order valence-electron chi connectivity index (χ0n) is 8.48. The van der Waals surface area contributed by atoms with E-state index in [0.717, 1.165) is 11.0 Å². The van der Waals surface area contributed by atoms with Crippen molar-refractivity contribution in [1.82, 2.24) is 19.7 Å². The Kier molecular flexibility index (Phi) is 2.92. The Balaban J connectivity index is 2.66. The lowest BCUT2D eigenvalue weighted by Crippen LogP contribution is -2.09. The van der Waals surface area contributed by atoms with Gasteiger partial charge in [0.25, 0.3) is 0 Å². The predicted octanol–water partition coefficient (Wildman–Crippen LogP) is 2.21. The third kappa shape index (κ3) is 2.00. The summed E-state index contributed by atoms with van der Waals surface area (Å²) in [5.74, 6) is 0.0435. The van der Waals surface area contributed by atoms with Crippen LogP contribution < -0.4 is 0 Å². The molecule has 2 heterocycles. The van der Waals surface area contributed by atoms with Gasteiger partial charge in [-0.3, -0.25) is 0 Å². The molecule has 2 rings (SSSR count). The molecule has 2 aromatic heterocycles. The summed E-state index contributed by atoms with van der Waals surface area (Å²) in [5, 5.41) is 11.5. The van der Waals surface area contributed by atoms with Crippen LogP contribution in [0.15, 0.2) is 18.6 Å². The SMILES string of the molecule is N#Cc1c(C(F)(F)F)nn(-c2ccncn2)c1Cl. The van der Waals surface area contributed by atoms with E-state index in [4.69, 9.17) is 16.9 Å². The summed E-state index contributed by atoms with van der Waals surface area (Å²) >= 11 is 5.69. The van der Waals surface area contributed by atoms with Crippen molar-refractivity contribution in [1.29, 1.82) is 5.26 Å². The van der Waals surface area contributed by atoms with E-state index in [-0.39, 0.29) is 5.82 Å². The lowest BCUT2D eigenvalue weighted by molar-refractivity contribution is -0.141. The largest absolute Gasteiger partial charge is 0.436 e. The minimum absolute atomic E-state index is 0.0435. The minimum atomic E-state index is -4.76. The van der Waals surface area contributed by atoms with Crippen LogP contribution in [-0.2, 0) is 6.18 Å². The average Bonchev–Trinajstić information content (AvgIpc) is 2.67. The maximum atomic E-state index is 12.6. The van der Waals surface area contributed by atoms with Gasteiger partial charge in [-0.25, -0.2) is 14.6 Å². The number of hydrogen-bond donors (Lipinski definition) is 0. The Morgan fingerprint density at radius 3 is 2.56 bits per heavy atom. The fourth-order valence-corrected chi connectivity index (χ4v) is 1.51. The molecule has 9 heteroatoms. The molecular weight excluding hydrogens is 271 g/mol. The topological polar surface area (TPSA) is 67.4 Å². The molecule has 18 heavy (non-hydrogen) atoms. The first-order valence-corrected chi connectivity index (χ1v) is 4.85. The highest BCUT2D eigenvalue weighted by Gasteiger charge is 2.39. The first-order valence-electron chi connectivity index (χ1n) is 4.47. The summed E-state index contributed by atoms with van der Waals surface area (Å²) in [6.45, 7) is 0. The number of nitriles is 1. The summed E-state index contributed by atoms with van der Waals surface area (Å²) in [6, 6.07) is 2.70. The number of aromatic nitrogens is 4. The highest BCUT2D eigenvalue weighted by molar-refractivity contribution is 6.31. The van der Waals surface area contributed by atoms with Crippen LogP contribution in [0.1, 0.15) is 11.3 Å². The monoisotopic (exact) mass is 273 g/mol. The van der Waals surface area contributed by atoms with E-state index in [1.54, 1.807) is 0 Å². The van der Waals surface area contributed by atoms with E-state index in [2.05, 4.69) is 15.1 Å². The third-order valence-electron chi connectivity index (χ3n) is 1.99. The van der Waals surface area contributed by atoms with Gasteiger partial charge in [0.15, 0.2) is 16.7 Å². The van der Waals surface area contributed by atoms with Crippen molar-refractivity contribution in [2.45, 2.75) is 6.18 Å². The zero-order chi connectivity index (χ0) is 13.3. The van der Waals surface area contributed by atoms with Crippen molar-refractivity contribution < 1.29 is 13.2 Å². The molecule has 0 aliphatic heterocycles. The van der Waals surface area contributed by atoms with E-state index in [1.165, 1.54) is 18.3 Å². The fraction of sp³-hybridized carbons (Fsp3) is 0.111. The molecule has 0 atom stereocenters. The molecule has 5 nitrogen and oxygen atoms in total. The van der Waals surface area contributed by atoms with E-state index >= 15 is 0 Å². The average molecular weight is 274 g/mol. The van der Waals surface area contributed by atoms with Gasteiger partial charge in [-0.05, 0) is 0 Å². The quantitative estimate of drug-likeness (QED) is 0.799. The fourth-order valence-electron chi connectivity index (χ4n) is 1.26. The van der Waals surface area contributed by atoms with Gasteiger partial charge < -0.3 is 0 Å². The lowest BCUT2D eigenvalue weighted by Gasteiger charge is -2.01. The first-order chi connectivity index (χ1) is 8.45. The van der Waals surface area contributed by atoms with Gasteiger partial charge >= 0.3 is 6.18 Å². The van der Waals surface area contributed by atoms with Gasteiger partial charge in [-0.2, -0.15) is 23.5 Å². The molecule has 2 aromatic rings. The molecule has 0 saturated carbocycles. The molecule has 0 N–H and O–H groups in total. The van der Waals surface area contributed by atoms with Crippen molar-refractivity contribution in [3.05, 3.63) is 35.0 Å². The van der Waals surface area contributed by atoms with Crippen molar-refractivity contribution in [3.8, 4) is 11.9 Å². The normalized spacial score (nSPS) is 11.3. The molecule has 0 bridgehead atoms. The number of hydrogen-bond acceptors (Lipinski definition) is 4. The van der Waals surface area contributed by atoms with E-state index in [0.29, 0.717) is 0 Å².